The largest absolute Gasteiger partial charge is 0.297 e. The SMILES string of the molecule is O=Cc1ccc(-c2ccc3c(c2)C2(CCCC2)c2cc(-c4ccc(C=O)s4)ccc2-3)s1. The van der Waals surface area contributed by atoms with Gasteiger partial charge >= 0.3 is 0 Å². The van der Waals surface area contributed by atoms with Crippen molar-refractivity contribution in [2.45, 2.75) is 31.1 Å². The van der Waals surface area contributed by atoms with Crippen LogP contribution >= 0.6 is 22.7 Å². The lowest BCUT2D eigenvalue weighted by atomic mass is 9.76. The third kappa shape index (κ3) is 2.82. The van der Waals surface area contributed by atoms with Crippen LogP contribution in [0, 0.1) is 0 Å². The molecule has 0 unspecified atom stereocenters. The maximum atomic E-state index is 11.2. The van der Waals surface area contributed by atoms with Gasteiger partial charge in [-0.05, 0) is 82.6 Å². The standard InChI is InChI=1S/C27H20O2S2/c28-15-19-5-9-25(30-19)17-3-7-21-22-8-4-18(26-10-6-20(16-29)31-26)14-24(22)27(23(21)13-17)11-1-2-12-27/h3-10,13-16H,1-2,11-12H2. The Balaban J connectivity index is 1.50. The summed E-state index contributed by atoms with van der Waals surface area (Å²) in [6.07, 6.45) is 6.70. The van der Waals surface area contributed by atoms with Gasteiger partial charge in [-0.2, -0.15) is 0 Å². The number of fused-ring (bicyclic) bond motifs is 5. The fraction of sp³-hybridized carbons (Fsp3) is 0.185. The number of aldehydes is 2. The van der Waals surface area contributed by atoms with Crippen molar-refractivity contribution in [3.63, 3.8) is 0 Å². The highest BCUT2D eigenvalue weighted by Gasteiger charge is 2.45. The second-order valence-corrected chi connectivity index (χ2v) is 10.7. The first-order valence-corrected chi connectivity index (χ1v) is 12.3. The van der Waals surface area contributed by atoms with E-state index in [1.165, 1.54) is 59.1 Å². The normalized spacial score (nSPS) is 15.7. The molecule has 2 nitrogen and oxygen atoms in total. The molecule has 2 aromatic carbocycles. The molecular formula is C27H20O2S2. The number of carbonyl (C=O) groups is 2. The summed E-state index contributed by atoms with van der Waals surface area (Å²) in [5, 5.41) is 0. The van der Waals surface area contributed by atoms with E-state index >= 15 is 0 Å². The molecule has 0 atom stereocenters. The van der Waals surface area contributed by atoms with Crippen LogP contribution in [0.4, 0.5) is 0 Å². The van der Waals surface area contributed by atoms with Crippen LogP contribution in [0.15, 0.2) is 60.7 Å². The van der Waals surface area contributed by atoms with Gasteiger partial charge in [-0.1, -0.05) is 37.1 Å². The summed E-state index contributed by atoms with van der Waals surface area (Å²) in [4.78, 5) is 26.1. The summed E-state index contributed by atoms with van der Waals surface area (Å²) in [5.74, 6) is 0. The fourth-order valence-electron chi connectivity index (χ4n) is 5.46. The van der Waals surface area contributed by atoms with Crippen molar-refractivity contribution in [1.29, 1.82) is 0 Å². The Morgan fingerprint density at radius 3 is 1.55 bits per heavy atom. The molecule has 0 bridgehead atoms. The third-order valence-corrected chi connectivity index (χ3v) is 8.99. The van der Waals surface area contributed by atoms with Crippen LogP contribution in [0.2, 0.25) is 0 Å². The average molecular weight is 441 g/mol. The molecule has 6 rings (SSSR count). The molecule has 1 spiro atoms. The molecule has 2 aromatic heterocycles. The van der Waals surface area contributed by atoms with Crippen LogP contribution < -0.4 is 0 Å². The molecule has 1 fully saturated rings. The van der Waals surface area contributed by atoms with Crippen molar-refractivity contribution < 1.29 is 9.59 Å². The lowest BCUT2D eigenvalue weighted by Gasteiger charge is -2.27. The second-order valence-electron chi connectivity index (χ2n) is 8.45. The number of hydrogen-bond donors (Lipinski definition) is 0. The van der Waals surface area contributed by atoms with Gasteiger partial charge < -0.3 is 0 Å². The van der Waals surface area contributed by atoms with E-state index in [9.17, 15) is 9.59 Å². The van der Waals surface area contributed by atoms with Gasteiger partial charge in [0.05, 0.1) is 9.75 Å². The van der Waals surface area contributed by atoms with Crippen molar-refractivity contribution >= 4 is 35.2 Å². The predicted molar refractivity (Wildman–Crippen MR) is 129 cm³/mol. The monoisotopic (exact) mass is 440 g/mol. The minimum atomic E-state index is 0.0756. The minimum absolute atomic E-state index is 0.0756. The molecule has 2 aliphatic carbocycles. The van der Waals surface area contributed by atoms with E-state index in [0.29, 0.717) is 0 Å². The first-order valence-electron chi connectivity index (χ1n) is 10.6. The predicted octanol–water partition coefficient (Wildman–Crippen LogP) is 7.61. The van der Waals surface area contributed by atoms with E-state index in [0.717, 1.165) is 32.1 Å². The van der Waals surface area contributed by atoms with Crippen molar-refractivity contribution in [2.24, 2.45) is 0 Å². The number of thiophene rings is 2. The Morgan fingerprint density at radius 1 is 0.645 bits per heavy atom. The van der Waals surface area contributed by atoms with Crippen LogP contribution in [0.5, 0.6) is 0 Å². The van der Waals surface area contributed by atoms with Gasteiger partial charge in [0.15, 0.2) is 12.6 Å². The van der Waals surface area contributed by atoms with Crippen molar-refractivity contribution in [1.82, 2.24) is 0 Å². The Bertz CT molecular complexity index is 1240. The lowest BCUT2D eigenvalue weighted by Crippen LogP contribution is -2.20. The van der Waals surface area contributed by atoms with Crippen LogP contribution in [0.25, 0.3) is 32.0 Å². The van der Waals surface area contributed by atoms with E-state index in [1.54, 1.807) is 22.7 Å². The number of hydrogen-bond acceptors (Lipinski definition) is 4. The Labute approximate surface area is 189 Å². The smallest absolute Gasteiger partial charge is 0.160 e. The van der Waals surface area contributed by atoms with Gasteiger partial charge in [0.25, 0.3) is 0 Å². The molecule has 2 heterocycles. The van der Waals surface area contributed by atoms with E-state index in [4.69, 9.17) is 0 Å². The average Bonchev–Trinajstić information content (AvgIpc) is 3.61. The molecule has 2 aliphatic rings. The van der Waals surface area contributed by atoms with Gasteiger partial charge in [-0.25, -0.2) is 0 Å². The van der Waals surface area contributed by atoms with Gasteiger partial charge in [-0.3, -0.25) is 9.59 Å². The number of benzene rings is 2. The summed E-state index contributed by atoms with van der Waals surface area (Å²) < 4.78 is 0. The highest BCUT2D eigenvalue weighted by atomic mass is 32.1. The zero-order chi connectivity index (χ0) is 21.0. The fourth-order valence-corrected chi connectivity index (χ4v) is 7.10. The Hall–Kier alpha value is -2.82. The summed E-state index contributed by atoms with van der Waals surface area (Å²) in [5.41, 5.74) is 8.05. The Kier molecular flexibility index (Phi) is 4.34. The van der Waals surface area contributed by atoms with Gasteiger partial charge in [0.2, 0.25) is 0 Å². The maximum absolute atomic E-state index is 11.2. The van der Waals surface area contributed by atoms with E-state index in [1.807, 2.05) is 12.1 Å². The minimum Gasteiger partial charge on any atom is -0.297 e. The van der Waals surface area contributed by atoms with Crippen molar-refractivity contribution in [3.05, 3.63) is 81.5 Å². The summed E-state index contributed by atoms with van der Waals surface area (Å²) in [6.45, 7) is 0. The summed E-state index contributed by atoms with van der Waals surface area (Å²) >= 11 is 3.11. The molecule has 0 saturated heterocycles. The van der Waals surface area contributed by atoms with E-state index in [2.05, 4.69) is 48.5 Å². The zero-order valence-electron chi connectivity index (χ0n) is 16.9. The number of rotatable bonds is 4. The Morgan fingerprint density at radius 2 is 1.13 bits per heavy atom. The van der Waals surface area contributed by atoms with Gasteiger partial charge in [0.1, 0.15) is 0 Å². The van der Waals surface area contributed by atoms with Crippen LogP contribution in [0.3, 0.4) is 0 Å². The number of carbonyl (C=O) groups excluding carboxylic acids is 2. The lowest BCUT2D eigenvalue weighted by molar-refractivity contribution is 0.111. The van der Waals surface area contributed by atoms with E-state index in [-0.39, 0.29) is 5.41 Å². The summed E-state index contributed by atoms with van der Waals surface area (Å²) in [6, 6.07) is 21.6. The second kappa shape index (κ2) is 7.11. The molecule has 152 valence electrons. The molecule has 0 amide bonds. The molecule has 4 heteroatoms. The molecular weight excluding hydrogens is 420 g/mol. The van der Waals surface area contributed by atoms with Crippen molar-refractivity contribution in [2.75, 3.05) is 0 Å². The quantitative estimate of drug-likeness (QED) is 0.306. The summed E-state index contributed by atoms with van der Waals surface area (Å²) in [7, 11) is 0. The third-order valence-electron chi connectivity index (χ3n) is 6.87. The van der Waals surface area contributed by atoms with Crippen molar-refractivity contribution in [3.8, 4) is 32.0 Å². The molecule has 0 N–H and O–H groups in total. The molecule has 0 radical (unpaired) electrons. The topological polar surface area (TPSA) is 34.1 Å². The first kappa shape index (κ1) is 18.9. The molecule has 1 saturated carbocycles. The zero-order valence-corrected chi connectivity index (χ0v) is 18.5. The highest BCUT2D eigenvalue weighted by Crippen LogP contribution is 2.58. The van der Waals surface area contributed by atoms with Crippen LogP contribution in [0.1, 0.15) is 56.2 Å². The molecule has 31 heavy (non-hydrogen) atoms. The van der Waals surface area contributed by atoms with Gasteiger partial charge in [-0.15, -0.1) is 22.7 Å². The molecule has 0 aliphatic heterocycles. The van der Waals surface area contributed by atoms with Crippen LogP contribution in [-0.4, -0.2) is 12.6 Å². The van der Waals surface area contributed by atoms with E-state index < -0.39 is 0 Å². The maximum Gasteiger partial charge on any atom is 0.160 e. The first-order chi connectivity index (χ1) is 15.2. The highest BCUT2D eigenvalue weighted by molar-refractivity contribution is 7.17. The van der Waals surface area contributed by atoms with Gasteiger partial charge in [0, 0.05) is 15.2 Å². The van der Waals surface area contributed by atoms with Crippen LogP contribution in [-0.2, 0) is 5.41 Å². The molecule has 4 aromatic rings.